The molecule has 0 aliphatic carbocycles. The van der Waals surface area contributed by atoms with E-state index < -0.39 is 10.9 Å². The van der Waals surface area contributed by atoms with Gasteiger partial charge in [0, 0.05) is 12.5 Å². The van der Waals surface area contributed by atoms with Gasteiger partial charge in [-0.05, 0) is 18.6 Å². The standard InChI is InChI=1S/C11H11N3O4/c12-5-1-2-6-18-11(15)8-3-4-9(13)10(7-8)14(16)17/h3-4,7H,1-2,6,13H2. The van der Waals surface area contributed by atoms with Crippen molar-refractivity contribution >= 4 is 17.3 Å². The molecule has 18 heavy (non-hydrogen) atoms. The van der Waals surface area contributed by atoms with Crippen molar-refractivity contribution in [3.05, 3.63) is 33.9 Å². The van der Waals surface area contributed by atoms with Gasteiger partial charge in [0.1, 0.15) is 5.69 Å². The predicted molar refractivity (Wildman–Crippen MR) is 62.6 cm³/mol. The molecule has 0 radical (unpaired) electrons. The number of anilines is 1. The number of nitro groups is 1. The van der Waals surface area contributed by atoms with Gasteiger partial charge in [-0.1, -0.05) is 0 Å². The molecule has 0 bridgehead atoms. The largest absolute Gasteiger partial charge is 0.462 e. The minimum Gasteiger partial charge on any atom is -0.462 e. The normalized spacial score (nSPS) is 9.50. The molecule has 0 unspecified atom stereocenters. The second kappa shape index (κ2) is 6.20. The van der Waals surface area contributed by atoms with Gasteiger partial charge in [-0.15, -0.1) is 0 Å². The lowest BCUT2D eigenvalue weighted by molar-refractivity contribution is -0.383. The zero-order valence-corrected chi connectivity index (χ0v) is 9.46. The van der Waals surface area contributed by atoms with Crippen molar-refractivity contribution in [2.45, 2.75) is 12.8 Å². The lowest BCUT2D eigenvalue weighted by Crippen LogP contribution is -2.07. The summed E-state index contributed by atoms with van der Waals surface area (Å²) in [6, 6.07) is 5.62. The second-order valence-electron chi connectivity index (χ2n) is 3.43. The van der Waals surface area contributed by atoms with Gasteiger partial charge in [0.05, 0.1) is 23.2 Å². The van der Waals surface area contributed by atoms with Crippen LogP contribution < -0.4 is 5.73 Å². The number of hydrogen-bond acceptors (Lipinski definition) is 6. The molecule has 0 amide bonds. The highest BCUT2D eigenvalue weighted by Crippen LogP contribution is 2.22. The monoisotopic (exact) mass is 249 g/mol. The summed E-state index contributed by atoms with van der Waals surface area (Å²) in [5, 5.41) is 18.9. The fourth-order valence-electron chi connectivity index (χ4n) is 1.23. The molecule has 2 N–H and O–H groups in total. The number of nitrogens with two attached hydrogens (primary N) is 1. The summed E-state index contributed by atoms with van der Waals surface area (Å²) in [5.74, 6) is -0.670. The molecule has 0 atom stereocenters. The number of unbranched alkanes of at least 4 members (excludes halogenated alkanes) is 1. The minimum atomic E-state index is -0.670. The number of nitrogen functional groups attached to an aromatic ring is 1. The van der Waals surface area contributed by atoms with E-state index in [4.69, 9.17) is 15.7 Å². The van der Waals surface area contributed by atoms with E-state index in [1.54, 1.807) is 0 Å². The summed E-state index contributed by atoms with van der Waals surface area (Å²) < 4.78 is 4.85. The maximum Gasteiger partial charge on any atom is 0.338 e. The van der Waals surface area contributed by atoms with Gasteiger partial charge in [-0.25, -0.2) is 4.79 Å². The molecule has 0 aliphatic heterocycles. The van der Waals surface area contributed by atoms with E-state index in [9.17, 15) is 14.9 Å². The molecule has 7 nitrogen and oxygen atoms in total. The molecule has 0 saturated heterocycles. The van der Waals surface area contributed by atoms with Gasteiger partial charge in [-0.3, -0.25) is 10.1 Å². The molecule has 1 aromatic rings. The van der Waals surface area contributed by atoms with E-state index in [2.05, 4.69) is 0 Å². The highest BCUT2D eigenvalue weighted by Gasteiger charge is 2.16. The van der Waals surface area contributed by atoms with Crippen LogP contribution in [0.2, 0.25) is 0 Å². The van der Waals surface area contributed by atoms with Crippen molar-refractivity contribution < 1.29 is 14.5 Å². The summed E-state index contributed by atoms with van der Waals surface area (Å²) >= 11 is 0. The van der Waals surface area contributed by atoms with Crippen molar-refractivity contribution in [1.82, 2.24) is 0 Å². The highest BCUT2D eigenvalue weighted by atomic mass is 16.6. The minimum absolute atomic E-state index is 0.0129. The lowest BCUT2D eigenvalue weighted by Gasteiger charge is -2.04. The summed E-state index contributed by atoms with van der Waals surface area (Å²) in [7, 11) is 0. The van der Waals surface area contributed by atoms with Crippen LogP contribution in [-0.2, 0) is 4.74 Å². The topological polar surface area (TPSA) is 119 Å². The molecule has 0 fully saturated rings. The number of rotatable bonds is 5. The Morgan fingerprint density at radius 3 is 2.89 bits per heavy atom. The van der Waals surface area contributed by atoms with Crippen LogP contribution in [-0.4, -0.2) is 17.5 Å². The van der Waals surface area contributed by atoms with Crippen molar-refractivity contribution in [3.8, 4) is 6.07 Å². The van der Waals surface area contributed by atoms with Gasteiger partial charge in [0.15, 0.2) is 0 Å². The van der Waals surface area contributed by atoms with Crippen LogP contribution in [0.4, 0.5) is 11.4 Å². The number of hydrogen-bond donors (Lipinski definition) is 1. The fraction of sp³-hybridized carbons (Fsp3) is 0.273. The third-order valence-corrected chi connectivity index (χ3v) is 2.13. The second-order valence-corrected chi connectivity index (χ2v) is 3.43. The van der Waals surface area contributed by atoms with Crippen LogP contribution in [0.15, 0.2) is 18.2 Å². The van der Waals surface area contributed by atoms with Crippen LogP contribution >= 0.6 is 0 Å². The number of nitrogens with zero attached hydrogens (tertiary/aromatic N) is 2. The molecule has 0 spiro atoms. The number of ether oxygens (including phenoxy) is 1. The number of nitriles is 1. The SMILES string of the molecule is N#CCCCOC(=O)c1ccc(N)c([N+](=O)[O-])c1. The van der Waals surface area contributed by atoms with Crippen LogP contribution in [0.1, 0.15) is 23.2 Å². The van der Waals surface area contributed by atoms with Gasteiger partial charge in [0.2, 0.25) is 0 Å². The Morgan fingerprint density at radius 2 is 2.28 bits per heavy atom. The van der Waals surface area contributed by atoms with Crippen molar-refractivity contribution in [1.29, 1.82) is 5.26 Å². The molecular weight excluding hydrogens is 238 g/mol. The van der Waals surface area contributed by atoms with Crippen LogP contribution in [0.5, 0.6) is 0 Å². The van der Waals surface area contributed by atoms with Gasteiger partial charge >= 0.3 is 5.97 Å². The van der Waals surface area contributed by atoms with Crippen LogP contribution in [0.25, 0.3) is 0 Å². The first-order chi connectivity index (χ1) is 8.56. The first-order valence-corrected chi connectivity index (χ1v) is 5.14. The zero-order valence-electron chi connectivity index (χ0n) is 9.46. The van der Waals surface area contributed by atoms with E-state index in [1.807, 2.05) is 6.07 Å². The molecule has 7 heteroatoms. The van der Waals surface area contributed by atoms with Gasteiger partial charge < -0.3 is 10.5 Å². The number of nitro benzene ring substituents is 1. The number of carbonyl (C=O) groups is 1. The number of carbonyl (C=O) groups excluding carboxylic acids is 1. The first-order valence-electron chi connectivity index (χ1n) is 5.14. The van der Waals surface area contributed by atoms with E-state index >= 15 is 0 Å². The fourth-order valence-corrected chi connectivity index (χ4v) is 1.23. The molecule has 94 valence electrons. The van der Waals surface area contributed by atoms with Crippen molar-refractivity contribution in [3.63, 3.8) is 0 Å². The van der Waals surface area contributed by atoms with Crippen LogP contribution in [0, 0.1) is 21.4 Å². The zero-order chi connectivity index (χ0) is 13.5. The molecule has 0 aromatic heterocycles. The highest BCUT2D eigenvalue weighted by molar-refractivity contribution is 5.91. The third kappa shape index (κ3) is 3.45. The molecular formula is C11H11N3O4. The van der Waals surface area contributed by atoms with E-state index in [1.165, 1.54) is 12.1 Å². The van der Waals surface area contributed by atoms with E-state index in [0.29, 0.717) is 6.42 Å². The van der Waals surface area contributed by atoms with Gasteiger partial charge in [-0.2, -0.15) is 5.26 Å². The smallest absolute Gasteiger partial charge is 0.338 e. The molecule has 1 aromatic carbocycles. The molecule has 1 rings (SSSR count). The summed E-state index contributed by atoms with van der Waals surface area (Å²) in [5.41, 5.74) is 5.12. The molecule has 0 saturated carbocycles. The quantitative estimate of drug-likeness (QED) is 0.278. The third-order valence-electron chi connectivity index (χ3n) is 2.13. The Labute approximate surface area is 103 Å². The Morgan fingerprint density at radius 1 is 1.56 bits per heavy atom. The Bertz CT molecular complexity index is 508. The molecule has 0 aliphatic rings. The van der Waals surface area contributed by atoms with E-state index in [-0.39, 0.29) is 30.0 Å². The summed E-state index contributed by atoms with van der Waals surface area (Å²) in [6.07, 6.45) is 0.717. The summed E-state index contributed by atoms with van der Waals surface area (Å²) in [6.45, 7) is 0.102. The average Bonchev–Trinajstić information content (AvgIpc) is 2.34. The lowest BCUT2D eigenvalue weighted by atomic mass is 10.2. The average molecular weight is 249 g/mol. The maximum atomic E-state index is 11.5. The van der Waals surface area contributed by atoms with E-state index in [0.717, 1.165) is 6.07 Å². The predicted octanol–water partition coefficient (Wildman–Crippen LogP) is 1.64. The van der Waals surface area contributed by atoms with Crippen molar-refractivity contribution in [2.75, 3.05) is 12.3 Å². The Hall–Kier alpha value is -2.62. The van der Waals surface area contributed by atoms with Gasteiger partial charge in [0.25, 0.3) is 5.69 Å². The van der Waals surface area contributed by atoms with Crippen LogP contribution in [0.3, 0.4) is 0 Å². The number of benzene rings is 1. The summed E-state index contributed by atoms with van der Waals surface area (Å²) in [4.78, 5) is 21.5. The Balaban J connectivity index is 2.72. The first kappa shape index (κ1) is 13.4. The number of esters is 1. The molecule has 0 heterocycles. The Kier molecular flexibility index (Phi) is 4.63. The maximum absolute atomic E-state index is 11.5. The van der Waals surface area contributed by atoms with Crippen molar-refractivity contribution in [2.24, 2.45) is 0 Å².